The molecule has 2 aromatic heterocycles. The van der Waals surface area contributed by atoms with Crippen LogP contribution in [-0.2, 0) is 11.2 Å². The van der Waals surface area contributed by atoms with Crippen LogP contribution < -0.4 is 9.64 Å². The fourth-order valence-electron chi connectivity index (χ4n) is 10.7. The van der Waals surface area contributed by atoms with Gasteiger partial charge in [0.1, 0.15) is 28.4 Å². The lowest BCUT2D eigenvalue weighted by Crippen LogP contribution is -2.63. The monoisotopic (exact) mass is 796 g/mol. The number of fused-ring (bicyclic) bond motifs is 6. The molecule has 9 nitrogen and oxygen atoms in total. The molecule has 2 bridgehead atoms. The van der Waals surface area contributed by atoms with Gasteiger partial charge in [-0.15, -0.1) is 6.42 Å². The third-order valence-electron chi connectivity index (χ3n) is 13.9. The van der Waals surface area contributed by atoms with Gasteiger partial charge in [0.2, 0.25) is 0 Å². The van der Waals surface area contributed by atoms with Crippen molar-refractivity contribution in [2.45, 2.75) is 109 Å². The molecule has 1 spiro atoms. The van der Waals surface area contributed by atoms with Crippen molar-refractivity contribution < 1.29 is 31.8 Å². The number of piperidine rings is 1. The van der Waals surface area contributed by atoms with Crippen molar-refractivity contribution in [3.8, 4) is 29.6 Å². The molecule has 3 saturated heterocycles. The number of halogens is 4. The number of benzene rings is 2. The Labute approximate surface area is 335 Å². The minimum absolute atomic E-state index is 0.00112. The van der Waals surface area contributed by atoms with Crippen molar-refractivity contribution >= 4 is 33.6 Å². The molecule has 13 heteroatoms. The van der Waals surface area contributed by atoms with E-state index in [1.54, 1.807) is 18.2 Å². The van der Waals surface area contributed by atoms with Gasteiger partial charge < -0.3 is 19.3 Å². The fourth-order valence-corrected chi connectivity index (χ4v) is 10.7. The van der Waals surface area contributed by atoms with Gasteiger partial charge in [0.15, 0.2) is 5.82 Å². The van der Waals surface area contributed by atoms with Gasteiger partial charge >= 0.3 is 12.1 Å². The van der Waals surface area contributed by atoms with E-state index >= 15 is 8.78 Å². The molecule has 58 heavy (non-hydrogen) atoms. The number of anilines is 1. The number of terminal acetylenes is 1. The van der Waals surface area contributed by atoms with Crippen LogP contribution in [0.25, 0.3) is 32.9 Å². The minimum atomic E-state index is -2.54. The van der Waals surface area contributed by atoms with Gasteiger partial charge in [0.25, 0.3) is 5.92 Å². The molecule has 0 N–H and O–H groups in total. The highest BCUT2D eigenvalue weighted by atomic mass is 19.3. The minimum Gasteiger partial charge on any atom is -0.463 e. The number of likely N-dealkylation sites (tertiary alicyclic amines) is 1. The molecular formula is C45H48F4N6O3. The molecule has 6 heterocycles. The maximum Gasteiger partial charge on any atom is 0.410 e. The normalized spacial score (nSPS) is 26.3. The third-order valence-corrected chi connectivity index (χ3v) is 13.9. The standard InChI is InChI=1S/C45H48F4N6O3/c1-6-28-30(46)12-10-26-8-7-9-29(33(26)28)36-35(47)37-34-31(50-36)20-25(2)38-32-13-11-27(55(32)41(56)58-42(3,4)5)21-54(38)39(34)52-40(51-37)57-24-43(14-15-43)23-53-18-16-44(17-19-53)22-45(44,48)49/h1,7-10,12,25,27,32,38H,11,13-24H2,2-5H3/t25-,27+,32-,38-/m0/s1. The number of rotatable bonds is 6. The summed E-state index contributed by atoms with van der Waals surface area (Å²) < 4.78 is 73.3. The molecule has 6 aliphatic rings. The number of alkyl halides is 2. The fraction of sp³-hybridized carbons (Fsp3) is 0.556. The van der Waals surface area contributed by atoms with Crippen molar-refractivity contribution in [3.63, 3.8) is 0 Å². The highest BCUT2D eigenvalue weighted by Gasteiger charge is 2.70. The summed E-state index contributed by atoms with van der Waals surface area (Å²) in [5, 5.41) is 1.54. The van der Waals surface area contributed by atoms with Crippen LogP contribution in [0.15, 0.2) is 30.3 Å². The Bertz CT molecular complexity index is 2420. The van der Waals surface area contributed by atoms with Crippen LogP contribution in [0.1, 0.15) is 83.9 Å². The zero-order chi connectivity index (χ0) is 40.5. The average molecular weight is 797 g/mol. The van der Waals surface area contributed by atoms with E-state index in [4.69, 9.17) is 30.8 Å². The number of carbonyl (C=O) groups excluding carboxylic acids is 1. The second-order valence-electron chi connectivity index (χ2n) is 19.0. The second kappa shape index (κ2) is 12.9. The molecule has 2 aliphatic carbocycles. The molecular weight excluding hydrogens is 749 g/mol. The van der Waals surface area contributed by atoms with Crippen molar-refractivity contribution in [2.24, 2.45) is 16.7 Å². The maximum atomic E-state index is 17.5. The Hall–Kier alpha value is -4.70. The molecule has 0 unspecified atom stereocenters. The highest BCUT2D eigenvalue weighted by molar-refractivity contribution is 6.03. The highest BCUT2D eigenvalue weighted by Crippen LogP contribution is 2.66. The number of piperazine rings is 1. The van der Waals surface area contributed by atoms with Gasteiger partial charge in [0.05, 0.1) is 41.4 Å². The molecule has 2 saturated carbocycles. The van der Waals surface area contributed by atoms with Gasteiger partial charge in [-0.1, -0.05) is 37.1 Å². The zero-order valence-electron chi connectivity index (χ0n) is 33.4. The molecule has 1 amide bonds. The van der Waals surface area contributed by atoms with Crippen molar-refractivity contribution in [3.05, 3.63) is 53.2 Å². The first-order valence-electron chi connectivity index (χ1n) is 20.7. The van der Waals surface area contributed by atoms with Gasteiger partial charge in [-0.25, -0.2) is 27.3 Å². The van der Waals surface area contributed by atoms with E-state index in [-0.39, 0.29) is 64.8 Å². The summed E-state index contributed by atoms with van der Waals surface area (Å²) in [5.41, 5.74) is -0.593. The topological polar surface area (TPSA) is 83.9 Å². The van der Waals surface area contributed by atoms with E-state index < -0.39 is 28.6 Å². The van der Waals surface area contributed by atoms with Crippen LogP contribution in [0.3, 0.4) is 0 Å². The third kappa shape index (κ3) is 5.98. The average Bonchev–Trinajstić information content (AvgIpc) is 4.03. The first-order chi connectivity index (χ1) is 27.6. The van der Waals surface area contributed by atoms with E-state index in [9.17, 15) is 13.6 Å². The summed E-state index contributed by atoms with van der Waals surface area (Å²) in [6, 6.07) is 7.76. The number of carbonyl (C=O) groups is 1. The smallest absolute Gasteiger partial charge is 0.410 e. The lowest BCUT2D eigenvalue weighted by Gasteiger charge is -2.49. The molecule has 2 aromatic carbocycles. The number of hydrogen-bond donors (Lipinski definition) is 0. The van der Waals surface area contributed by atoms with Crippen LogP contribution >= 0.6 is 0 Å². The first kappa shape index (κ1) is 37.6. The van der Waals surface area contributed by atoms with Gasteiger partial charge in [-0.2, -0.15) is 9.97 Å². The Balaban J connectivity index is 1.05. The summed E-state index contributed by atoms with van der Waals surface area (Å²) in [4.78, 5) is 35.0. The van der Waals surface area contributed by atoms with E-state index in [1.807, 2.05) is 31.7 Å². The molecule has 304 valence electrons. The van der Waals surface area contributed by atoms with E-state index in [1.165, 1.54) is 6.07 Å². The summed E-state index contributed by atoms with van der Waals surface area (Å²) in [6.45, 7) is 10.5. The molecule has 0 radical (unpaired) electrons. The second-order valence-corrected chi connectivity index (χ2v) is 19.0. The Kier molecular flexibility index (Phi) is 8.35. The number of aromatic nitrogens is 3. The lowest BCUT2D eigenvalue weighted by molar-refractivity contribution is 0.00489. The van der Waals surface area contributed by atoms with Crippen molar-refractivity contribution in [1.82, 2.24) is 24.8 Å². The Morgan fingerprint density at radius 2 is 1.78 bits per heavy atom. The van der Waals surface area contributed by atoms with E-state index in [0.717, 1.165) is 32.2 Å². The summed E-state index contributed by atoms with van der Waals surface area (Å²) in [7, 11) is 0. The lowest BCUT2D eigenvalue weighted by atomic mass is 9.88. The van der Waals surface area contributed by atoms with Crippen LogP contribution in [0.4, 0.5) is 28.2 Å². The van der Waals surface area contributed by atoms with Gasteiger partial charge in [-0.05, 0) is 96.2 Å². The summed E-state index contributed by atoms with van der Waals surface area (Å²) in [5.74, 6) is -0.864. The molecule has 10 rings (SSSR count). The number of nitrogens with zero attached hydrogens (tertiary/aromatic N) is 6. The van der Waals surface area contributed by atoms with Gasteiger partial charge in [-0.3, -0.25) is 4.90 Å². The van der Waals surface area contributed by atoms with Crippen LogP contribution in [0.5, 0.6) is 6.01 Å². The van der Waals surface area contributed by atoms with Gasteiger partial charge in [0, 0.05) is 41.3 Å². The molecule has 4 atom stereocenters. The molecule has 4 aromatic rings. The van der Waals surface area contributed by atoms with Crippen LogP contribution in [-0.4, -0.2) is 93.3 Å². The van der Waals surface area contributed by atoms with Crippen molar-refractivity contribution in [2.75, 3.05) is 37.7 Å². The largest absolute Gasteiger partial charge is 0.463 e. The summed E-state index contributed by atoms with van der Waals surface area (Å²) >= 11 is 0. The summed E-state index contributed by atoms with van der Waals surface area (Å²) in [6.07, 6.45) is 10.4. The number of hydrogen-bond acceptors (Lipinski definition) is 8. The maximum absolute atomic E-state index is 17.5. The van der Waals surface area contributed by atoms with E-state index in [0.29, 0.717) is 78.7 Å². The van der Waals surface area contributed by atoms with Crippen LogP contribution in [0, 0.1) is 40.7 Å². The zero-order valence-corrected chi connectivity index (χ0v) is 33.4. The first-order valence-corrected chi connectivity index (χ1v) is 20.7. The number of pyridine rings is 1. The predicted molar refractivity (Wildman–Crippen MR) is 212 cm³/mol. The quantitative estimate of drug-likeness (QED) is 0.142. The SMILES string of the molecule is C#Cc1c(F)ccc2cccc(-c3nc4c5c(nc(OCC6(CN7CCC8(CC7)CC8(F)F)CC6)nc5c3F)N3C[C@H]5CC[C@@H]([C@@H]3[C@@H](C)C4)N5C(=O)OC(C)(C)C)c12. The Morgan fingerprint density at radius 1 is 1.02 bits per heavy atom. The van der Waals surface area contributed by atoms with E-state index in [2.05, 4.69) is 22.6 Å². The van der Waals surface area contributed by atoms with Crippen molar-refractivity contribution in [1.29, 1.82) is 0 Å². The predicted octanol–water partition coefficient (Wildman–Crippen LogP) is 8.53. The van der Waals surface area contributed by atoms with Crippen LogP contribution in [0.2, 0.25) is 0 Å². The number of amides is 1. The molecule has 4 aliphatic heterocycles. The Morgan fingerprint density at radius 3 is 2.47 bits per heavy atom. The number of ether oxygens (including phenoxy) is 2. The molecule has 5 fully saturated rings.